The summed E-state index contributed by atoms with van der Waals surface area (Å²) in [7, 11) is 0. The third-order valence-electron chi connectivity index (χ3n) is 4.61. The van der Waals surface area contributed by atoms with Crippen molar-refractivity contribution in [3.63, 3.8) is 0 Å². The predicted molar refractivity (Wildman–Crippen MR) is 79.1 cm³/mol. The summed E-state index contributed by atoms with van der Waals surface area (Å²) in [6.07, 6.45) is 11.6. The minimum absolute atomic E-state index is 0.267. The lowest BCUT2D eigenvalue weighted by atomic mass is 9.92. The molecule has 0 aromatic carbocycles. The molecule has 0 spiro atoms. The molecule has 4 rings (SSSR count). The molecule has 2 atom stereocenters. The Morgan fingerprint density at radius 3 is 2.76 bits per heavy atom. The number of aromatic nitrogens is 5. The normalized spacial score (nSPS) is 25.0. The first-order valence-electron chi connectivity index (χ1n) is 7.58. The Labute approximate surface area is 123 Å². The molecule has 7 heteroatoms. The molecule has 2 aromatic rings. The van der Waals surface area contributed by atoms with E-state index in [0.29, 0.717) is 17.9 Å². The van der Waals surface area contributed by atoms with Crippen LogP contribution >= 0.6 is 0 Å². The van der Waals surface area contributed by atoms with E-state index in [-0.39, 0.29) is 5.95 Å². The van der Waals surface area contributed by atoms with E-state index >= 15 is 0 Å². The molecule has 2 fully saturated rings. The van der Waals surface area contributed by atoms with Gasteiger partial charge in [0.15, 0.2) is 0 Å². The number of anilines is 2. The van der Waals surface area contributed by atoms with Crippen LogP contribution in [0.25, 0.3) is 5.95 Å². The lowest BCUT2D eigenvalue weighted by Gasteiger charge is -2.37. The lowest BCUT2D eigenvalue weighted by molar-refractivity contribution is 0.358. The maximum atomic E-state index is 5.89. The van der Waals surface area contributed by atoms with E-state index in [1.54, 1.807) is 17.1 Å². The van der Waals surface area contributed by atoms with Gasteiger partial charge in [0, 0.05) is 25.0 Å². The highest BCUT2D eigenvalue weighted by Crippen LogP contribution is 2.38. The van der Waals surface area contributed by atoms with E-state index in [1.807, 2.05) is 6.20 Å². The Balaban J connectivity index is 1.71. The van der Waals surface area contributed by atoms with Crippen molar-refractivity contribution >= 4 is 11.9 Å². The number of fused-ring (bicyclic) bond motifs is 1. The first-order valence-corrected chi connectivity index (χ1v) is 7.58. The first-order chi connectivity index (χ1) is 10.3. The maximum absolute atomic E-state index is 5.89. The zero-order chi connectivity index (χ0) is 14.2. The van der Waals surface area contributed by atoms with E-state index in [4.69, 9.17) is 5.73 Å². The van der Waals surface area contributed by atoms with Gasteiger partial charge in [0.1, 0.15) is 6.33 Å². The van der Waals surface area contributed by atoms with Crippen LogP contribution in [0.4, 0.5) is 11.9 Å². The molecule has 2 aliphatic rings. The molecule has 7 nitrogen and oxygen atoms in total. The number of imidazole rings is 1. The highest BCUT2D eigenvalue weighted by molar-refractivity contribution is 5.40. The minimum atomic E-state index is 0.267. The highest BCUT2D eigenvalue weighted by atomic mass is 15.3. The third kappa shape index (κ3) is 2.22. The van der Waals surface area contributed by atoms with Crippen LogP contribution in [-0.4, -0.2) is 37.1 Å². The molecule has 2 N–H and O–H groups in total. The van der Waals surface area contributed by atoms with Gasteiger partial charge in [-0.3, -0.25) is 4.57 Å². The number of nitrogens with two attached hydrogens (primary N) is 1. The molecule has 1 aliphatic carbocycles. The van der Waals surface area contributed by atoms with Crippen molar-refractivity contribution < 1.29 is 0 Å². The molecule has 1 saturated heterocycles. The number of rotatable bonds is 2. The Morgan fingerprint density at radius 2 is 1.90 bits per heavy atom. The Bertz CT molecular complexity index is 624. The molecule has 2 unspecified atom stereocenters. The topological polar surface area (TPSA) is 85.8 Å². The molecule has 1 saturated carbocycles. The first kappa shape index (κ1) is 12.6. The van der Waals surface area contributed by atoms with Gasteiger partial charge < -0.3 is 10.6 Å². The summed E-state index contributed by atoms with van der Waals surface area (Å²) < 4.78 is 1.76. The average Bonchev–Trinajstić information content (AvgIpc) is 3.17. The third-order valence-corrected chi connectivity index (χ3v) is 4.61. The van der Waals surface area contributed by atoms with Crippen LogP contribution in [0.5, 0.6) is 0 Å². The molecule has 2 aromatic heterocycles. The van der Waals surface area contributed by atoms with Gasteiger partial charge in [0.2, 0.25) is 17.8 Å². The van der Waals surface area contributed by atoms with Crippen molar-refractivity contribution in [1.29, 1.82) is 0 Å². The van der Waals surface area contributed by atoms with Gasteiger partial charge in [0.25, 0.3) is 0 Å². The van der Waals surface area contributed by atoms with Crippen molar-refractivity contribution in [3.8, 4) is 5.95 Å². The minimum Gasteiger partial charge on any atom is -0.368 e. The Hall–Kier alpha value is -2.18. The zero-order valence-electron chi connectivity index (χ0n) is 11.9. The number of hydrogen-bond donors (Lipinski definition) is 1. The summed E-state index contributed by atoms with van der Waals surface area (Å²) in [4.78, 5) is 19.6. The van der Waals surface area contributed by atoms with Crippen molar-refractivity contribution in [2.45, 2.75) is 38.1 Å². The summed E-state index contributed by atoms with van der Waals surface area (Å²) in [5, 5.41) is 0. The van der Waals surface area contributed by atoms with Crippen LogP contribution in [0.2, 0.25) is 0 Å². The van der Waals surface area contributed by atoms with E-state index in [9.17, 15) is 0 Å². The van der Waals surface area contributed by atoms with Crippen LogP contribution in [0.15, 0.2) is 18.7 Å². The monoisotopic (exact) mass is 285 g/mol. The van der Waals surface area contributed by atoms with Gasteiger partial charge in [-0.1, -0.05) is 6.42 Å². The van der Waals surface area contributed by atoms with Gasteiger partial charge in [-0.25, -0.2) is 4.98 Å². The van der Waals surface area contributed by atoms with Crippen LogP contribution in [0, 0.1) is 5.92 Å². The van der Waals surface area contributed by atoms with Crippen LogP contribution in [-0.2, 0) is 0 Å². The van der Waals surface area contributed by atoms with E-state index in [2.05, 4.69) is 24.8 Å². The Morgan fingerprint density at radius 1 is 1.05 bits per heavy atom. The SMILES string of the molecule is Nc1nc(N2CCCC3CCCC32)nc(-n2ccnc2)n1. The zero-order valence-corrected chi connectivity index (χ0v) is 11.9. The second-order valence-electron chi connectivity index (χ2n) is 5.86. The summed E-state index contributed by atoms with van der Waals surface area (Å²) >= 11 is 0. The summed E-state index contributed by atoms with van der Waals surface area (Å²) in [6.45, 7) is 1.01. The van der Waals surface area contributed by atoms with Crippen LogP contribution in [0.3, 0.4) is 0 Å². The Kier molecular flexibility index (Phi) is 2.98. The second-order valence-corrected chi connectivity index (χ2v) is 5.86. The summed E-state index contributed by atoms with van der Waals surface area (Å²) in [5.74, 6) is 2.30. The highest BCUT2D eigenvalue weighted by Gasteiger charge is 2.36. The fourth-order valence-corrected chi connectivity index (χ4v) is 3.69. The van der Waals surface area contributed by atoms with Crippen molar-refractivity contribution in [2.75, 3.05) is 17.2 Å². The van der Waals surface area contributed by atoms with Gasteiger partial charge in [-0.2, -0.15) is 15.0 Å². The average molecular weight is 285 g/mol. The largest absolute Gasteiger partial charge is 0.368 e. The van der Waals surface area contributed by atoms with E-state index in [0.717, 1.165) is 12.5 Å². The molecule has 21 heavy (non-hydrogen) atoms. The standard InChI is InChI=1S/C14H19N7/c15-12-17-13(20-8-6-16-9-20)19-14(18-12)21-7-2-4-10-3-1-5-11(10)21/h6,8-11H,1-5,7H2,(H2,15,17,18,19). The molecular weight excluding hydrogens is 266 g/mol. The quantitative estimate of drug-likeness (QED) is 0.898. The fourth-order valence-electron chi connectivity index (χ4n) is 3.69. The maximum Gasteiger partial charge on any atom is 0.241 e. The fraction of sp³-hybridized carbons (Fsp3) is 0.571. The molecule has 3 heterocycles. The van der Waals surface area contributed by atoms with E-state index < -0.39 is 0 Å². The van der Waals surface area contributed by atoms with Crippen LogP contribution in [0.1, 0.15) is 32.1 Å². The number of piperidine rings is 1. The number of nitrogen functional groups attached to an aromatic ring is 1. The van der Waals surface area contributed by atoms with Crippen LogP contribution < -0.4 is 10.6 Å². The predicted octanol–water partition coefficient (Wildman–Crippen LogP) is 1.41. The lowest BCUT2D eigenvalue weighted by Crippen LogP contribution is -2.43. The van der Waals surface area contributed by atoms with Crippen molar-refractivity contribution in [1.82, 2.24) is 24.5 Å². The number of hydrogen-bond acceptors (Lipinski definition) is 6. The molecule has 0 radical (unpaired) electrons. The molecular formula is C14H19N7. The number of nitrogens with zero attached hydrogens (tertiary/aromatic N) is 6. The molecule has 0 bridgehead atoms. The second kappa shape index (κ2) is 4.98. The van der Waals surface area contributed by atoms with E-state index in [1.165, 1.54) is 32.1 Å². The molecule has 110 valence electrons. The summed E-state index contributed by atoms with van der Waals surface area (Å²) in [5.41, 5.74) is 5.89. The van der Waals surface area contributed by atoms with Gasteiger partial charge >= 0.3 is 0 Å². The van der Waals surface area contributed by atoms with Gasteiger partial charge in [0.05, 0.1) is 0 Å². The molecule has 1 aliphatic heterocycles. The smallest absolute Gasteiger partial charge is 0.241 e. The van der Waals surface area contributed by atoms with Gasteiger partial charge in [-0.05, 0) is 31.6 Å². The van der Waals surface area contributed by atoms with Gasteiger partial charge in [-0.15, -0.1) is 0 Å². The van der Waals surface area contributed by atoms with Crippen molar-refractivity contribution in [2.24, 2.45) is 5.92 Å². The summed E-state index contributed by atoms with van der Waals surface area (Å²) in [6, 6.07) is 0.566. The molecule has 0 amide bonds. The van der Waals surface area contributed by atoms with Crippen molar-refractivity contribution in [3.05, 3.63) is 18.7 Å².